The largest absolute Gasteiger partial charge is 0.339 e. The lowest BCUT2D eigenvalue weighted by Crippen LogP contribution is -2.14. The number of carbonyl (C=O) groups excluding carboxylic acids is 1. The molecule has 1 N–H and O–H groups in total. The van der Waals surface area contributed by atoms with Gasteiger partial charge in [-0.1, -0.05) is 38.1 Å². The Morgan fingerprint density at radius 2 is 2.15 bits per heavy atom. The summed E-state index contributed by atoms with van der Waals surface area (Å²) in [6.45, 7) is 6.77. The third-order valence-corrected chi connectivity index (χ3v) is 3.84. The predicted octanol–water partition coefficient (Wildman–Crippen LogP) is 3.18. The highest BCUT2D eigenvalue weighted by Crippen LogP contribution is 2.19. The zero-order chi connectivity index (χ0) is 18.6. The van der Waals surface area contributed by atoms with Gasteiger partial charge in [0.25, 0.3) is 0 Å². The second kappa shape index (κ2) is 7.51. The van der Waals surface area contributed by atoms with Crippen LogP contribution in [-0.2, 0) is 23.2 Å². The number of aryl methyl sites for hydroxylation is 1. The molecule has 0 saturated carbocycles. The van der Waals surface area contributed by atoms with Gasteiger partial charge in [0.1, 0.15) is 0 Å². The molecule has 3 rings (SSSR count). The van der Waals surface area contributed by atoms with E-state index in [9.17, 15) is 4.79 Å². The highest BCUT2D eigenvalue weighted by Gasteiger charge is 2.21. The van der Waals surface area contributed by atoms with E-state index in [0.29, 0.717) is 24.7 Å². The number of carbonyl (C=O) groups is 1. The number of nitrogens with zero attached hydrogens (tertiary/aromatic N) is 4. The summed E-state index contributed by atoms with van der Waals surface area (Å²) in [4.78, 5) is 20.6. The molecule has 0 fully saturated rings. The first-order valence-corrected chi connectivity index (χ1v) is 8.58. The standard InChI is InChI=1S/C19H23N5O2/c1-19(2,3)18-22-17(26-23-18)8-7-16(25)21-15-6-4-5-14(11-15)12-24-10-9-20-13-24/h4-6,9-11,13H,7-8,12H2,1-3H3,(H,21,25). The minimum Gasteiger partial charge on any atom is -0.339 e. The first-order valence-electron chi connectivity index (χ1n) is 8.58. The number of benzene rings is 1. The molecule has 0 spiro atoms. The van der Waals surface area contributed by atoms with E-state index in [1.807, 2.05) is 55.8 Å². The number of imidazole rings is 1. The zero-order valence-corrected chi connectivity index (χ0v) is 15.3. The summed E-state index contributed by atoms with van der Waals surface area (Å²) < 4.78 is 7.20. The van der Waals surface area contributed by atoms with E-state index in [0.717, 1.165) is 11.3 Å². The van der Waals surface area contributed by atoms with E-state index >= 15 is 0 Å². The van der Waals surface area contributed by atoms with Crippen molar-refractivity contribution in [2.45, 2.75) is 45.6 Å². The SMILES string of the molecule is CC(C)(C)c1noc(CCC(=O)Nc2cccc(Cn3ccnc3)c2)n1. The van der Waals surface area contributed by atoms with Crippen molar-refractivity contribution in [1.29, 1.82) is 0 Å². The van der Waals surface area contributed by atoms with Crippen LogP contribution >= 0.6 is 0 Å². The average Bonchev–Trinajstić information content (AvgIpc) is 3.24. The fourth-order valence-electron chi connectivity index (χ4n) is 2.44. The number of hydrogen-bond acceptors (Lipinski definition) is 5. The van der Waals surface area contributed by atoms with E-state index < -0.39 is 0 Å². The van der Waals surface area contributed by atoms with Gasteiger partial charge in [-0.3, -0.25) is 4.79 Å². The zero-order valence-electron chi connectivity index (χ0n) is 15.3. The quantitative estimate of drug-likeness (QED) is 0.735. The third-order valence-electron chi connectivity index (χ3n) is 3.84. The van der Waals surface area contributed by atoms with Crippen molar-refractivity contribution in [1.82, 2.24) is 19.7 Å². The molecule has 2 heterocycles. The molecule has 0 aliphatic heterocycles. The highest BCUT2D eigenvalue weighted by molar-refractivity contribution is 5.90. The third kappa shape index (κ3) is 4.78. The van der Waals surface area contributed by atoms with Crippen LogP contribution in [0.25, 0.3) is 0 Å². The van der Waals surface area contributed by atoms with Gasteiger partial charge in [-0.25, -0.2) is 4.98 Å². The average molecular weight is 353 g/mol. The maximum atomic E-state index is 12.2. The van der Waals surface area contributed by atoms with Gasteiger partial charge in [0.05, 0.1) is 6.33 Å². The number of anilines is 1. The summed E-state index contributed by atoms with van der Waals surface area (Å²) >= 11 is 0. The minimum absolute atomic E-state index is 0.0831. The molecule has 26 heavy (non-hydrogen) atoms. The van der Waals surface area contributed by atoms with E-state index in [1.54, 1.807) is 12.5 Å². The van der Waals surface area contributed by atoms with Crippen LogP contribution in [0.5, 0.6) is 0 Å². The van der Waals surface area contributed by atoms with Gasteiger partial charge in [-0.05, 0) is 17.7 Å². The number of rotatable bonds is 6. The number of nitrogens with one attached hydrogen (secondary N) is 1. The summed E-state index contributed by atoms with van der Waals surface area (Å²) in [5.41, 5.74) is 1.70. The second-order valence-corrected chi connectivity index (χ2v) is 7.25. The lowest BCUT2D eigenvalue weighted by Gasteiger charge is -2.10. The first-order chi connectivity index (χ1) is 12.4. The first kappa shape index (κ1) is 17.8. The molecule has 0 atom stereocenters. The van der Waals surface area contributed by atoms with E-state index in [2.05, 4.69) is 20.4 Å². The van der Waals surface area contributed by atoms with Crippen LogP contribution in [0, 0.1) is 0 Å². The van der Waals surface area contributed by atoms with Crippen molar-refractivity contribution in [2.24, 2.45) is 0 Å². The Hall–Kier alpha value is -2.96. The van der Waals surface area contributed by atoms with E-state index in [4.69, 9.17) is 4.52 Å². The molecular formula is C19H23N5O2. The summed E-state index contributed by atoms with van der Waals surface area (Å²) in [6, 6.07) is 7.78. The molecule has 2 aromatic heterocycles. The van der Waals surface area contributed by atoms with E-state index in [-0.39, 0.29) is 17.7 Å². The summed E-state index contributed by atoms with van der Waals surface area (Å²) in [7, 11) is 0. The monoisotopic (exact) mass is 353 g/mol. The van der Waals surface area contributed by atoms with Gasteiger partial charge in [-0.15, -0.1) is 0 Å². The van der Waals surface area contributed by atoms with Crippen molar-refractivity contribution in [3.05, 3.63) is 60.3 Å². The lowest BCUT2D eigenvalue weighted by atomic mass is 9.96. The molecule has 3 aromatic rings. The number of aromatic nitrogens is 4. The molecule has 1 amide bonds. The highest BCUT2D eigenvalue weighted by atomic mass is 16.5. The summed E-state index contributed by atoms with van der Waals surface area (Å²) in [5, 5.41) is 6.89. The fourth-order valence-corrected chi connectivity index (χ4v) is 2.44. The van der Waals surface area contributed by atoms with E-state index in [1.165, 1.54) is 0 Å². The number of hydrogen-bond donors (Lipinski definition) is 1. The van der Waals surface area contributed by atoms with Crippen molar-refractivity contribution < 1.29 is 9.32 Å². The van der Waals surface area contributed by atoms with Crippen LogP contribution in [0.1, 0.15) is 44.5 Å². The molecule has 7 heteroatoms. The topological polar surface area (TPSA) is 85.8 Å². The van der Waals surface area contributed by atoms with Crippen molar-refractivity contribution >= 4 is 11.6 Å². The van der Waals surface area contributed by atoms with Gasteiger partial charge >= 0.3 is 0 Å². The van der Waals surface area contributed by atoms with Crippen LogP contribution in [0.4, 0.5) is 5.69 Å². The fraction of sp³-hybridized carbons (Fsp3) is 0.368. The lowest BCUT2D eigenvalue weighted by molar-refractivity contribution is -0.116. The van der Waals surface area contributed by atoms with Crippen LogP contribution in [0.15, 0.2) is 47.5 Å². The maximum Gasteiger partial charge on any atom is 0.227 e. The maximum absolute atomic E-state index is 12.2. The molecule has 0 aliphatic rings. The Morgan fingerprint density at radius 1 is 1.31 bits per heavy atom. The van der Waals surface area contributed by atoms with Crippen LogP contribution < -0.4 is 5.32 Å². The Bertz CT molecular complexity index is 862. The van der Waals surface area contributed by atoms with Crippen molar-refractivity contribution in [2.75, 3.05) is 5.32 Å². The van der Waals surface area contributed by atoms with Crippen molar-refractivity contribution in [3.63, 3.8) is 0 Å². The molecule has 0 radical (unpaired) electrons. The van der Waals surface area contributed by atoms with Crippen molar-refractivity contribution in [3.8, 4) is 0 Å². The Balaban J connectivity index is 1.54. The molecule has 136 valence electrons. The minimum atomic E-state index is -0.167. The Morgan fingerprint density at radius 3 is 2.85 bits per heavy atom. The Kier molecular flexibility index (Phi) is 5.16. The Labute approximate surface area is 152 Å². The normalized spacial score (nSPS) is 11.5. The molecule has 0 aliphatic carbocycles. The van der Waals surface area contributed by atoms with Crippen LogP contribution in [-0.4, -0.2) is 25.6 Å². The molecular weight excluding hydrogens is 330 g/mol. The molecule has 0 saturated heterocycles. The van der Waals surface area contributed by atoms with Gasteiger partial charge in [0.2, 0.25) is 11.8 Å². The number of amides is 1. The molecule has 7 nitrogen and oxygen atoms in total. The second-order valence-electron chi connectivity index (χ2n) is 7.25. The van der Waals surface area contributed by atoms with Gasteiger partial charge < -0.3 is 14.4 Å². The van der Waals surface area contributed by atoms with Crippen LogP contribution in [0.3, 0.4) is 0 Å². The molecule has 1 aromatic carbocycles. The van der Waals surface area contributed by atoms with Crippen LogP contribution in [0.2, 0.25) is 0 Å². The summed E-state index contributed by atoms with van der Waals surface area (Å²) in [5.74, 6) is 1.05. The molecule has 0 bridgehead atoms. The summed E-state index contributed by atoms with van der Waals surface area (Å²) in [6.07, 6.45) is 6.12. The smallest absolute Gasteiger partial charge is 0.227 e. The predicted molar refractivity (Wildman–Crippen MR) is 97.7 cm³/mol. The van der Waals surface area contributed by atoms with Gasteiger partial charge in [0, 0.05) is 42.9 Å². The molecule has 0 unspecified atom stereocenters. The van der Waals surface area contributed by atoms with Gasteiger partial charge in [0.15, 0.2) is 5.82 Å². The van der Waals surface area contributed by atoms with Gasteiger partial charge in [-0.2, -0.15) is 4.98 Å².